The van der Waals surface area contributed by atoms with Crippen molar-refractivity contribution in [1.82, 2.24) is 9.21 Å². The van der Waals surface area contributed by atoms with E-state index in [1.54, 1.807) is 0 Å². The first-order valence-electron chi connectivity index (χ1n) is 7.34. The van der Waals surface area contributed by atoms with Crippen molar-refractivity contribution >= 4 is 10.0 Å². The van der Waals surface area contributed by atoms with Gasteiger partial charge in [-0.25, -0.2) is 12.7 Å². The highest BCUT2D eigenvalue weighted by Crippen LogP contribution is 2.08. The summed E-state index contributed by atoms with van der Waals surface area (Å²) in [6.07, 6.45) is -0.376. The fraction of sp³-hybridized carbons (Fsp3) is 1.00. The Balaban J connectivity index is 2.44. The van der Waals surface area contributed by atoms with Crippen molar-refractivity contribution < 1.29 is 23.0 Å². The first kappa shape index (κ1) is 18.8. The summed E-state index contributed by atoms with van der Waals surface area (Å²) in [5.74, 6) is -0.0548. The molecule has 126 valence electrons. The zero-order valence-corrected chi connectivity index (χ0v) is 14.0. The topological polar surface area (TPSA) is 79.3 Å². The van der Waals surface area contributed by atoms with E-state index in [1.807, 2.05) is 6.92 Å². The third kappa shape index (κ3) is 6.58. The molecule has 8 heteroatoms. The molecule has 0 aromatic rings. The Labute approximate surface area is 127 Å². The van der Waals surface area contributed by atoms with Crippen molar-refractivity contribution in [2.24, 2.45) is 0 Å². The van der Waals surface area contributed by atoms with Crippen molar-refractivity contribution in [3.63, 3.8) is 0 Å². The molecular formula is C13H28N2O5S. The van der Waals surface area contributed by atoms with Gasteiger partial charge in [-0.1, -0.05) is 6.92 Å². The molecule has 0 aromatic carbocycles. The van der Waals surface area contributed by atoms with E-state index in [1.165, 1.54) is 18.5 Å². The maximum Gasteiger partial charge on any atom is 0.216 e. The summed E-state index contributed by atoms with van der Waals surface area (Å²) in [5, 5.41) is 10.1. The first-order chi connectivity index (χ1) is 9.89. The summed E-state index contributed by atoms with van der Waals surface area (Å²) < 4.78 is 36.0. The lowest BCUT2D eigenvalue weighted by Gasteiger charge is -2.30. The monoisotopic (exact) mass is 324 g/mol. The molecule has 1 aliphatic rings. The molecule has 0 amide bonds. The number of hydrogen-bond acceptors (Lipinski definition) is 6. The van der Waals surface area contributed by atoms with Gasteiger partial charge in [0.1, 0.15) is 0 Å². The van der Waals surface area contributed by atoms with Crippen molar-refractivity contribution in [2.75, 3.05) is 59.3 Å². The molecule has 1 rings (SSSR count). The van der Waals surface area contributed by atoms with Gasteiger partial charge in [0.25, 0.3) is 0 Å². The molecule has 1 heterocycles. The van der Waals surface area contributed by atoms with Crippen LogP contribution in [0.15, 0.2) is 0 Å². The van der Waals surface area contributed by atoms with E-state index < -0.39 is 16.1 Å². The quantitative estimate of drug-likeness (QED) is 0.608. The summed E-state index contributed by atoms with van der Waals surface area (Å²) in [7, 11) is -0.403. The normalized spacial score (nSPS) is 20.6. The lowest BCUT2D eigenvalue weighted by atomic mass is 10.3. The van der Waals surface area contributed by atoms with Crippen molar-refractivity contribution in [3.8, 4) is 0 Å². The van der Waals surface area contributed by atoms with Crippen LogP contribution in [-0.4, -0.2) is 94.2 Å². The molecule has 2 atom stereocenters. The molecule has 7 nitrogen and oxygen atoms in total. The first-order valence-corrected chi connectivity index (χ1v) is 8.95. The van der Waals surface area contributed by atoms with Gasteiger partial charge in [0.2, 0.25) is 10.0 Å². The van der Waals surface area contributed by atoms with E-state index in [9.17, 15) is 13.5 Å². The Hall–Kier alpha value is -0.250. The molecule has 1 N–H and O–H groups in total. The smallest absolute Gasteiger partial charge is 0.216 e. The minimum atomic E-state index is -3.41. The number of aliphatic hydroxyl groups is 1. The minimum Gasteiger partial charge on any atom is -0.390 e. The van der Waals surface area contributed by atoms with Gasteiger partial charge in [0, 0.05) is 40.3 Å². The average molecular weight is 324 g/mol. The van der Waals surface area contributed by atoms with Gasteiger partial charge in [-0.3, -0.25) is 4.90 Å². The van der Waals surface area contributed by atoms with Crippen LogP contribution in [0.5, 0.6) is 0 Å². The number of likely N-dealkylation sites (N-methyl/N-ethyl adjacent to an activating group) is 1. The molecule has 21 heavy (non-hydrogen) atoms. The third-order valence-electron chi connectivity index (χ3n) is 3.70. The number of sulfonamides is 1. The fourth-order valence-electron chi connectivity index (χ4n) is 2.26. The number of methoxy groups -OCH3 is 1. The molecule has 0 spiro atoms. The average Bonchev–Trinajstić information content (AvgIpc) is 2.45. The third-order valence-corrected chi connectivity index (χ3v) is 5.59. The van der Waals surface area contributed by atoms with Crippen LogP contribution in [-0.2, 0) is 19.5 Å². The van der Waals surface area contributed by atoms with E-state index >= 15 is 0 Å². The van der Waals surface area contributed by atoms with Crippen LogP contribution in [0.3, 0.4) is 0 Å². The second kappa shape index (κ2) is 9.02. The van der Waals surface area contributed by atoms with Crippen molar-refractivity contribution in [2.45, 2.75) is 25.6 Å². The largest absolute Gasteiger partial charge is 0.390 e. The predicted octanol–water partition coefficient (Wildman–Crippen LogP) is -0.634. The molecule has 0 aromatic heterocycles. The second-order valence-corrected chi connectivity index (χ2v) is 7.51. The van der Waals surface area contributed by atoms with Crippen molar-refractivity contribution in [1.29, 1.82) is 0 Å². The van der Waals surface area contributed by atoms with Crippen LogP contribution in [0.4, 0.5) is 0 Å². The summed E-state index contributed by atoms with van der Waals surface area (Å²) in [6.45, 7) is 5.31. The molecule has 0 bridgehead atoms. The molecule has 1 aliphatic heterocycles. The van der Waals surface area contributed by atoms with Gasteiger partial charge in [0.15, 0.2) is 0 Å². The lowest BCUT2D eigenvalue weighted by molar-refractivity contribution is 0.0123. The van der Waals surface area contributed by atoms with Gasteiger partial charge in [-0.15, -0.1) is 0 Å². The van der Waals surface area contributed by atoms with Crippen molar-refractivity contribution in [3.05, 3.63) is 0 Å². The number of β-amino-alcohol motifs (C(OH)–C–C–N with tert-alkyl or cyclic N) is 1. The van der Waals surface area contributed by atoms with Gasteiger partial charge < -0.3 is 14.6 Å². The maximum absolute atomic E-state index is 12.2. The van der Waals surface area contributed by atoms with Crippen LogP contribution < -0.4 is 0 Å². The van der Waals surface area contributed by atoms with E-state index in [-0.39, 0.29) is 18.4 Å². The molecule has 1 saturated heterocycles. The predicted molar refractivity (Wildman–Crippen MR) is 80.8 cm³/mol. The molecule has 0 aliphatic carbocycles. The highest BCUT2D eigenvalue weighted by molar-refractivity contribution is 7.89. The fourth-order valence-corrected chi connectivity index (χ4v) is 3.76. The molecule has 2 unspecified atom stereocenters. The zero-order valence-electron chi connectivity index (χ0n) is 13.2. The summed E-state index contributed by atoms with van der Waals surface area (Å²) in [5.41, 5.74) is 0. The van der Waals surface area contributed by atoms with Crippen LogP contribution in [0, 0.1) is 0 Å². The van der Waals surface area contributed by atoms with Crippen LogP contribution in [0.1, 0.15) is 13.3 Å². The number of rotatable bonds is 9. The van der Waals surface area contributed by atoms with E-state index in [0.29, 0.717) is 26.2 Å². The highest BCUT2D eigenvalue weighted by Gasteiger charge is 2.25. The minimum absolute atomic E-state index is 0.0548. The molecule has 0 radical (unpaired) electrons. The number of morpholine rings is 1. The molecule has 0 saturated carbocycles. The lowest BCUT2D eigenvalue weighted by Crippen LogP contribution is -2.45. The standard InChI is InChI=1S/C13H28N2O5S/c1-4-13(19-3)11-21(17,18)14(2)9-12(16)10-15-5-7-20-8-6-15/h12-13,16H,4-11H2,1-3H3. The Kier molecular flexibility index (Phi) is 8.07. The van der Waals surface area contributed by atoms with Crippen LogP contribution in [0.2, 0.25) is 0 Å². The molecule has 1 fully saturated rings. The summed E-state index contributed by atoms with van der Waals surface area (Å²) in [6, 6.07) is 0. The van der Waals surface area contributed by atoms with Gasteiger partial charge in [-0.05, 0) is 6.42 Å². The molecular weight excluding hydrogens is 296 g/mol. The summed E-state index contributed by atoms with van der Waals surface area (Å²) in [4.78, 5) is 2.08. The van der Waals surface area contributed by atoms with E-state index in [2.05, 4.69) is 4.90 Å². The second-order valence-electron chi connectivity index (χ2n) is 5.39. The van der Waals surface area contributed by atoms with Crippen LogP contribution in [0.25, 0.3) is 0 Å². The van der Waals surface area contributed by atoms with E-state index in [0.717, 1.165) is 13.1 Å². The number of hydrogen-bond donors (Lipinski definition) is 1. The van der Waals surface area contributed by atoms with Gasteiger partial charge in [-0.2, -0.15) is 0 Å². The number of nitrogens with zero attached hydrogens (tertiary/aromatic N) is 2. The zero-order chi connectivity index (χ0) is 15.9. The van der Waals surface area contributed by atoms with Gasteiger partial charge >= 0.3 is 0 Å². The van der Waals surface area contributed by atoms with Gasteiger partial charge in [0.05, 0.1) is 31.2 Å². The van der Waals surface area contributed by atoms with E-state index in [4.69, 9.17) is 9.47 Å². The number of ether oxygens (including phenoxy) is 2. The maximum atomic E-state index is 12.2. The Morgan fingerprint density at radius 2 is 2.00 bits per heavy atom. The Bertz CT molecular complexity index is 380. The Morgan fingerprint density at radius 3 is 2.52 bits per heavy atom. The van der Waals surface area contributed by atoms with Crippen LogP contribution >= 0.6 is 0 Å². The number of aliphatic hydroxyl groups excluding tert-OH is 1. The summed E-state index contributed by atoms with van der Waals surface area (Å²) >= 11 is 0. The highest BCUT2D eigenvalue weighted by atomic mass is 32.2. The Morgan fingerprint density at radius 1 is 1.38 bits per heavy atom. The SMILES string of the molecule is CCC(CS(=O)(=O)N(C)CC(O)CN1CCOCC1)OC.